The van der Waals surface area contributed by atoms with Gasteiger partial charge in [-0.25, -0.2) is 0 Å². The summed E-state index contributed by atoms with van der Waals surface area (Å²) in [4.78, 5) is 15.3. The number of pyridine rings is 1. The predicted octanol–water partition coefficient (Wildman–Crippen LogP) is 3.69. The molecule has 0 saturated carbocycles. The number of primary amides is 1. The Labute approximate surface area is 185 Å². The quantitative estimate of drug-likeness (QED) is 0.372. The zero-order valence-electron chi connectivity index (χ0n) is 17.5. The minimum atomic E-state index is -0.280. The average Bonchev–Trinajstić information content (AvgIpc) is 3.37. The summed E-state index contributed by atoms with van der Waals surface area (Å²) in [7, 11) is 0. The van der Waals surface area contributed by atoms with E-state index in [4.69, 9.17) is 10.5 Å². The summed E-state index contributed by atoms with van der Waals surface area (Å²) in [6.45, 7) is 0.547. The normalized spacial score (nSPS) is 11.9. The fourth-order valence-corrected chi connectivity index (χ4v) is 3.47. The lowest BCUT2D eigenvalue weighted by molar-refractivity contribution is -0.118. The molecule has 1 atom stereocenters. The van der Waals surface area contributed by atoms with Crippen LogP contribution in [-0.4, -0.2) is 38.1 Å². The molecule has 0 aliphatic heterocycles. The highest BCUT2D eigenvalue weighted by Gasteiger charge is 2.15. The van der Waals surface area contributed by atoms with Gasteiger partial charge in [0.05, 0.1) is 0 Å². The van der Waals surface area contributed by atoms with E-state index in [2.05, 4.69) is 62.0 Å². The summed E-state index contributed by atoms with van der Waals surface area (Å²) < 4.78 is 6.22. The third-order valence-electron chi connectivity index (χ3n) is 5.09. The number of carbonyl (C=O) groups is 1. The van der Waals surface area contributed by atoms with E-state index in [0.29, 0.717) is 18.9 Å². The molecular formula is C24H24N6O2. The van der Waals surface area contributed by atoms with E-state index in [1.165, 1.54) is 0 Å². The number of benzene rings is 2. The maximum absolute atomic E-state index is 10.9. The molecular weight excluding hydrogens is 404 g/mol. The van der Waals surface area contributed by atoms with Crippen LogP contribution in [0, 0.1) is 0 Å². The van der Waals surface area contributed by atoms with Crippen LogP contribution in [0.2, 0.25) is 0 Å². The number of hydrogen-bond acceptors (Lipinski definition) is 6. The molecule has 0 saturated heterocycles. The highest BCUT2D eigenvalue weighted by Crippen LogP contribution is 2.29. The first-order valence-corrected chi connectivity index (χ1v) is 10.4. The van der Waals surface area contributed by atoms with Gasteiger partial charge in [-0.3, -0.25) is 9.78 Å². The SMILES string of the molecule is NC(=O)CCCCOC(c1ccccc1)c1ccc(-c2cncc(-c3nn[nH]n3)c2)cc1. The van der Waals surface area contributed by atoms with Gasteiger partial charge in [-0.05, 0) is 40.8 Å². The average molecular weight is 428 g/mol. The molecule has 0 radical (unpaired) electrons. The van der Waals surface area contributed by atoms with Crippen molar-refractivity contribution in [3.05, 3.63) is 84.2 Å². The molecule has 1 unspecified atom stereocenters. The molecule has 3 N–H and O–H groups in total. The Morgan fingerprint density at radius 1 is 0.938 bits per heavy atom. The first-order chi connectivity index (χ1) is 15.7. The molecule has 8 heteroatoms. The van der Waals surface area contributed by atoms with Crippen molar-refractivity contribution in [2.75, 3.05) is 6.61 Å². The molecule has 0 fully saturated rings. The minimum absolute atomic E-state index is 0.192. The fraction of sp³-hybridized carbons (Fsp3) is 0.208. The number of unbranched alkanes of at least 4 members (excludes halogenated alkanes) is 1. The number of amides is 1. The third-order valence-corrected chi connectivity index (χ3v) is 5.09. The number of tetrazole rings is 1. The summed E-state index contributed by atoms with van der Waals surface area (Å²) in [5, 5.41) is 14.1. The standard InChI is InChI=1S/C24H24N6O2/c25-22(31)8-4-5-13-32-23(18-6-2-1-3-7-18)19-11-9-17(10-12-19)20-14-21(16-26-15-20)24-27-29-30-28-24/h1-3,6-7,9-12,14-16,23H,4-5,8,13H2,(H2,25,31)(H,27,28,29,30). The number of nitrogens with two attached hydrogens (primary N) is 1. The summed E-state index contributed by atoms with van der Waals surface area (Å²) in [5.41, 5.74) is 10.1. The van der Waals surface area contributed by atoms with Crippen molar-refractivity contribution in [1.82, 2.24) is 25.6 Å². The molecule has 2 aromatic heterocycles. The Morgan fingerprint density at radius 2 is 1.69 bits per heavy atom. The van der Waals surface area contributed by atoms with Gasteiger partial charge in [0.2, 0.25) is 11.7 Å². The van der Waals surface area contributed by atoms with E-state index in [9.17, 15) is 4.79 Å². The third kappa shape index (κ3) is 5.41. The van der Waals surface area contributed by atoms with E-state index < -0.39 is 0 Å². The van der Waals surface area contributed by atoms with Crippen molar-refractivity contribution in [2.45, 2.75) is 25.4 Å². The second-order valence-corrected chi connectivity index (χ2v) is 7.40. The van der Waals surface area contributed by atoms with Crippen molar-refractivity contribution in [2.24, 2.45) is 5.73 Å². The first-order valence-electron chi connectivity index (χ1n) is 10.4. The molecule has 2 heterocycles. The molecule has 8 nitrogen and oxygen atoms in total. The van der Waals surface area contributed by atoms with Crippen LogP contribution in [0.3, 0.4) is 0 Å². The van der Waals surface area contributed by atoms with E-state index in [-0.39, 0.29) is 12.0 Å². The molecule has 0 bridgehead atoms. The summed E-state index contributed by atoms with van der Waals surface area (Å²) >= 11 is 0. The molecule has 0 spiro atoms. The molecule has 2 aromatic carbocycles. The van der Waals surface area contributed by atoms with Gasteiger partial charge >= 0.3 is 0 Å². The number of H-pyrrole nitrogens is 1. The molecule has 32 heavy (non-hydrogen) atoms. The highest BCUT2D eigenvalue weighted by atomic mass is 16.5. The van der Waals surface area contributed by atoms with Crippen molar-refractivity contribution in [3.8, 4) is 22.5 Å². The predicted molar refractivity (Wildman–Crippen MR) is 120 cm³/mol. The number of nitrogens with one attached hydrogen (secondary N) is 1. The van der Waals surface area contributed by atoms with Gasteiger partial charge in [0.1, 0.15) is 6.10 Å². The maximum Gasteiger partial charge on any atom is 0.217 e. The summed E-state index contributed by atoms with van der Waals surface area (Å²) in [5.74, 6) is 0.225. The minimum Gasteiger partial charge on any atom is -0.370 e. The van der Waals surface area contributed by atoms with Gasteiger partial charge in [0.25, 0.3) is 0 Å². The van der Waals surface area contributed by atoms with Gasteiger partial charge in [-0.2, -0.15) is 5.21 Å². The lowest BCUT2D eigenvalue weighted by Crippen LogP contribution is -2.11. The molecule has 0 aliphatic carbocycles. The van der Waals surface area contributed by atoms with Gasteiger partial charge in [0, 0.05) is 36.5 Å². The van der Waals surface area contributed by atoms with Crippen LogP contribution >= 0.6 is 0 Å². The van der Waals surface area contributed by atoms with Gasteiger partial charge in [-0.1, -0.05) is 54.6 Å². The first kappa shape index (κ1) is 21.3. The van der Waals surface area contributed by atoms with Crippen molar-refractivity contribution in [3.63, 3.8) is 0 Å². The number of carbonyl (C=O) groups excluding carboxylic acids is 1. The topological polar surface area (TPSA) is 120 Å². The fourth-order valence-electron chi connectivity index (χ4n) is 3.47. The maximum atomic E-state index is 10.9. The molecule has 0 aliphatic rings. The number of nitrogens with zero attached hydrogens (tertiary/aromatic N) is 4. The second kappa shape index (κ2) is 10.4. The molecule has 4 rings (SSSR count). The monoisotopic (exact) mass is 428 g/mol. The summed E-state index contributed by atoms with van der Waals surface area (Å²) in [6.07, 6.45) is 5.20. The van der Waals surface area contributed by atoms with Crippen LogP contribution in [0.5, 0.6) is 0 Å². The number of aromatic nitrogens is 5. The molecule has 4 aromatic rings. The number of aromatic amines is 1. The van der Waals surface area contributed by atoms with Crippen LogP contribution in [0.4, 0.5) is 0 Å². The van der Waals surface area contributed by atoms with Gasteiger partial charge < -0.3 is 10.5 Å². The van der Waals surface area contributed by atoms with Gasteiger partial charge in [-0.15, -0.1) is 10.2 Å². The van der Waals surface area contributed by atoms with Crippen LogP contribution < -0.4 is 5.73 Å². The Morgan fingerprint density at radius 3 is 2.41 bits per heavy atom. The van der Waals surface area contributed by atoms with Crippen LogP contribution in [0.15, 0.2) is 73.1 Å². The molecule has 162 valence electrons. The van der Waals surface area contributed by atoms with Crippen LogP contribution in [0.25, 0.3) is 22.5 Å². The van der Waals surface area contributed by atoms with E-state index in [1.807, 2.05) is 30.5 Å². The van der Waals surface area contributed by atoms with E-state index >= 15 is 0 Å². The van der Waals surface area contributed by atoms with Crippen LogP contribution in [-0.2, 0) is 9.53 Å². The van der Waals surface area contributed by atoms with E-state index in [0.717, 1.165) is 40.7 Å². The van der Waals surface area contributed by atoms with Gasteiger partial charge in [0.15, 0.2) is 0 Å². The second-order valence-electron chi connectivity index (χ2n) is 7.40. The lowest BCUT2D eigenvalue weighted by atomic mass is 9.98. The highest BCUT2D eigenvalue weighted by molar-refractivity contribution is 5.73. The largest absolute Gasteiger partial charge is 0.370 e. The van der Waals surface area contributed by atoms with Crippen LogP contribution in [0.1, 0.15) is 36.5 Å². The van der Waals surface area contributed by atoms with Crippen molar-refractivity contribution >= 4 is 5.91 Å². The number of rotatable bonds is 10. The van der Waals surface area contributed by atoms with Crippen molar-refractivity contribution in [1.29, 1.82) is 0 Å². The Balaban J connectivity index is 1.51. The Kier molecular flexibility index (Phi) is 6.94. The number of hydrogen-bond donors (Lipinski definition) is 2. The zero-order valence-corrected chi connectivity index (χ0v) is 17.5. The lowest BCUT2D eigenvalue weighted by Gasteiger charge is -2.19. The number of ether oxygens (including phenoxy) is 1. The zero-order chi connectivity index (χ0) is 22.2. The Bertz CT molecular complexity index is 1130. The molecule has 1 amide bonds. The smallest absolute Gasteiger partial charge is 0.217 e. The van der Waals surface area contributed by atoms with Crippen molar-refractivity contribution < 1.29 is 9.53 Å². The van der Waals surface area contributed by atoms with E-state index in [1.54, 1.807) is 6.20 Å². The Hall–Kier alpha value is -3.91. The summed E-state index contributed by atoms with van der Waals surface area (Å²) in [6, 6.07) is 20.3.